The van der Waals surface area contributed by atoms with E-state index < -0.39 is 6.09 Å². The molecule has 3 rings (SSSR count). The van der Waals surface area contributed by atoms with Crippen LogP contribution < -0.4 is 4.74 Å². The Morgan fingerprint density at radius 2 is 2.07 bits per heavy atom. The number of pyridine rings is 1. The Morgan fingerprint density at radius 3 is 2.77 bits per heavy atom. The molecule has 0 atom stereocenters. The average Bonchev–Trinajstić information content (AvgIpc) is 3.10. The number of aromatic nitrogens is 1. The molecule has 0 saturated heterocycles. The van der Waals surface area contributed by atoms with Crippen molar-refractivity contribution in [1.29, 1.82) is 0 Å². The van der Waals surface area contributed by atoms with Gasteiger partial charge in [0.05, 0.1) is 35.5 Å². The van der Waals surface area contributed by atoms with Gasteiger partial charge in [-0.05, 0) is 62.8 Å². The lowest BCUT2D eigenvalue weighted by molar-refractivity contribution is 0.108. The quantitative estimate of drug-likeness (QED) is 0.455. The third-order valence-corrected chi connectivity index (χ3v) is 6.33. The highest BCUT2D eigenvalue weighted by molar-refractivity contribution is 7.14. The van der Waals surface area contributed by atoms with Crippen LogP contribution in [0.4, 0.5) is 9.18 Å². The van der Waals surface area contributed by atoms with Crippen molar-refractivity contribution < 1.29 is 18.7 Å². The highest BCUT2D eigenvalue weighted by Gasteiger charge is 2.20. The van der Waals surface area contributed by atoms with Gasteiger partial charge in [0.2, 0.25) is 0 Å². The molecule has 30 heavy (non-hydrogen) atoms. The summed E-state index contributed by atoms with van der Waals surface area (Å²) in [7, 11) is 1.66. The van der Waals surface area contributed by atoms with Gasteiger partial charge in [0, 0.05) is 7.05 Å². The number of hydrogen-bond acceptors (Lipinski definition) is 5. The molecule has 164 valence electrons. The molecule has 7 heteroatoms. The van der Waals surface area contributed by atoms with Crippen LogP contribution in [0.1, 0.15) is 63.1 Å². The molecule has 0 unspecified atom stereocenters. The second-order valence-corrected chi connectivity index (χ2v) is 8.89. The van der Waals surface area contributed by atoms with Crippen molar-refractivity contribution in [3.63, 3.8) is 0 Å². The van der Waals surface area contributed by atoms with Crippen LogP contribution in [0, 0.1) is 12.1 Å². The fourth-order valence-corrected chi connectivity index (χ4v) is 4.49. The van der Waals surface area contributed by atoms with Crippen LogP contribution in [0.2, 0.25) is 0 Å². The van der Waals surface area contributed by atoms with Gasteiger partial charge < -0.3 is 14.4 Å². The summed E-state index contributed by atoms with van der Waals surface area (Å²) in [6.45, 7) is 4.62. The lowest BCUT2D eigenvalue weighted by atomic mass is 9.98. The molecule has 0 aromatic carbocycles. The zero-order valence-electron chi connectivity index (χ0n) is 18.1. The molecule has 2 aromatic heterocycles. The van der Waals surface area contributed by atoms with Crippen molar-refractivity contribution in [3.8, 4) is 16.3 Å². The number of thiophene rings is 1. The molecule has 2 aromatic rings. The number of amides is 1. The third kappa shape index (κ3) is 5.94. The molecule has 0 spiro atoms. The summed E-state index contributed by atoms with van der Waals surface area (Å²) in [6, 6.07) is 5.27. The Morgan fingerprint density at radius 1 is 1.30 bits per heavy atom. The van der Waals surface area contributed by atoms with Crippen molar-refractivity contribution in [3.05, 3.63) is 34.6 Å². The Hall–Kier alpha value is -2.15. The highest BCUT2D eigenvalue weighted by Crippen LogP contribution is 2.34. The van der Waals surface area contributed by atoms with E-state index >= 15 is 0 Å². The van der Waals surface area contributed by atoms with E-state index in [-0.39, 0.29) is 17.8 Å². The molecule has 1 fully saturated rings. The number of carbonyl (C=O) groups is 1. The lowest BCUT2D eigenvalue weighted by Crippen LogP contribution is -2.27. The number of rotatable bonds is 8. The van der Waals surface area contributed by atoms with Crippen LogP contribution in [0.5, 0.6) is 5.75 Å². The van der Waals surface area contributed by atoms with E-state index in [2.05, 4.69) is 4.98 Å². The first-order valence-corrected chi connectivity index (χ1v) is 11.6. The SMILES string of the molecule is CCCCOC(=O)N(C)Cc1cc(F)sc1-c1ccc(OC2CCCCC2)c(C)n1. The van der Waals surface area contributed by atoms with Crippen LogP contribution in [-0.4, -0.2) is 35.7 Å². The topological polar surface area (TPSA) is 51.7 Å². The molecular weight excluding hydrogens is 403 g/mol. The molecule has 0 radical (unpaired) electrons. The Balaban J connectivity index is 1.71. The van der Waals surface area contributed by atoms with Gasteiger partial charge in [-0.3, -0.25) is 0 Å². The van der Waals surface area contributed by atoms with E-state index in [1.807, 2.05) is 26.0 Å². The molecule has 1 aliphatic rings. The summed E-state index contributed by atoms with van der Waals surface area (Å²) >= 11 is 1.04. The van der Waals surface area contributed by atoms with Gasteiger partial charge >= 0.3 is 6.09 Å². The maximum absolute atomic E-state index is 14.1. The summed E-state index contributed by atoms with van der Waals surface area (Å²) in [5.41, 5.74) is 2.21. The van der Waals surface area contributed by atoms with Crippen LogP contribution >= 0.6 is 11.3 Å². The van der Waals surface area contributed by atoms with Crippen molar-refractivity contribution in [2.45, 2.75) is 71.4 Å². The van der Waals surface area contributed by atoms with E-state index in [1.165, 1.54) is 30.2 Å². The zero-order chi connectivity index (χ0) is 21.5. The number of halogens is 1. The lowest BCUT2D eigenvalue weighted by Gasteiger charge is -2.23. The molecule has 1 amide bonds. The number of aryl methyl sites for hydroxylation is 1. The average molecular weight is 435 g/mol. The molecule has 2 heterocycles. The molecule has 5 nitrogen and oxygen atoms in total. The first kappa shape index (κ1) is 22.5. The minimum atomic E-state index is -0.402. The predicted molar refractivity (Wildman–Crippen MR) is 117 cm³/mol. The standard InChI is InChI=1S/C23H31FN2O3S/c1-4-5-13-28-23(27)26(3)15-17-14-21(24)30-22(17)19-11-12-20(16(2)25-19)29-18-9-7-6-8-10-18/h11-12,14,18H,4-10,13,15H2,1-3H3. The summed E-state index contributed by atoms with van der Waals surface area (Å²) in [5.74, 6) is 0.792. The van der Waals surface area contributed by atoms with E-state index in [9.17, 15) is 9.18 Å². The smallest absolute Gasteiger partial charge is 0.409 e. The van der Waals surface area contributed by atoms with Gasteiger partial charge in [-0.25, -0.2) is 9.78 Å². The van der Waals surface area contributed by atoms with Crippen molar-refractivity contribution >= 4 is 17.4 Å². The number of unbranched alkanes of at least 4 members (excludes halogenated alkanes) is 1. The first-order chi connectivity index (χ1) is 14.5. The number of hydrogen-bond donors (Lipinski definition) is 0. The third-order valence-electron chi connectivity index (χ3n) is 5.34. The molecule has 0 aliphatic heterocycles. The molecule has 0 bridgehead atoms. The monoisotopic (exact) mass is 434 g/mol. The van der Waals surface area contributed by atoms with Crippen LogP contribution in [0.25, 0.3) is 10.6 Å². The zero-order valence-corrected chi connectivity index (χ0v) is 18.9. The second kappa shape index (κ2) is 10.8. The van der Waals surface area contributed by atoms with E-state index in [0.29, 0.717) is 12.3 Å². The molecular formula is C23H31FN2O3S. The second-order valence-electron chi connectivity index (χ2n) is 7.89. The minimum Gasteiger partial charge on any atom is -0.489 e. The fourth-order valence-electron chi connectivity index (χ4n) is 3.63. The minimum absolute atomic E-state index is 0.257. The summed E-state index contributed by atoms with van der Waals surface area (Å²) in [4.78, 5) is 19.0. The summed E-state index contributed by atoms with van der Waals surface area (Å²) < 4.78 is 25.5. The van der Waals surface area contributed by atoms with Crippen LogP contribution in [0.3, 0.4) is 0 Å². The maximum Gasteiger partial charge on any atom is 0.409 e. The molecule has 1 aliphatic carbocycles. The Kier molecular flexibility index (Phi) is 8.08. The largest absolute Gasteiger partial charge is 0.489 e. The predicted octanol–water partition coefficient (Wildman–Crippen LogP) is 6.34. The summed E-state index contributed by atoms with van der Waals surface area (Å²) in [6.07, 6.45) is 7.52. The fraction of sp³-hybridized carbons (Fsp3) is 0.565. The van der Waals surface area contributed by atoms with Gasteiger partial charge in [0.1, 0.15) is 5.75 Å². The van der Waals surface area contributed by atoms with Crippen LogP contribution in [-0.2, 0) is 11.3 Å². The Bertz CT molecular complexity index is 849. The highest BCUT2D eigenvalue weighted by atomic mass is 32.1. The van der Waals surface area contributed by atoms with Crippen molar-refractivity contribution in [1.82, 2.24) is 9.88 Å². The van der Waals surface area contributed by atoms with E-state index in [0.717, 1.165) is 58.9 Å². The Labute approximate surface area is 182 Å². The van der Waals surface area contributed by atoms with Crippen molar-refractivity contribution in [2.75, 3.05) is 13.7 Å². The van der Waals surface area contributed by atoms with Gasteiger partial charge in [0.15, 0.2) is 5.13 Å². The number of carbonyl (C=O) groups excluding carboxylic acids is 1. The number of ether oxygens (including phenoxy) is 2. The van der Waals surface area contributed by atoms with Gasteiger partial charge in [0.25, 0.3) is 0 Å². The summed E-state index contributed by atoms with van der Waals surface area (Å²) in [5, 5.41) is -0.297. The normalized spacial score (nSPS) is 14.5. The van der Waals surface area contributed by atoms with Gasteiger partial charge in [-0.1, -0.05) is 19.8 Å². The maximum atomic E-state index is 14.1. The molecule has 1 saturated carbocycles. The first-order valence-electron chi connectivity index (χ1n) is 10.8. The van der Waals surface area contributed by atoms with Gasteiger partial charge in [-0.15, -0.1) is 11.3 Å². The number of nitrogens with zero attached hydrogens (tertiary/aromatic N) is 2. The molecule has 0 N–H and O–H groups in total. The van der Waals surface area contributed by atoms with E-state index in [1.54, 1.807) is 7.05 Å². The van der Waals surface area contributed by atoms with E-state index in [4.69, 9.17) is 9.47 Å². The van der Waals surface area contributed by atoms with Crippen molar-refractivity contribution in [2.24, 2.45) is 0 Å². The van der Waals surface area contributed by atoms with Gasteiger partial charge in [-0.2, -0.15) is 4.39 Å². The van der Waals surface area contributed by atoms with Crippen LogP contribution in [0.15, 0.2) is 18.2 Å².